The van der Waals surface area contributed by atoms with Crippen molar-refractivity contribution >= 4 is 17.6 Å². The van der Waals surface area contributed by atoms with Crippen molar-refractivity contribution < 1.29 is 28.5 Å². The van der Waals surface area contributed by atoms with Gasteiger partial charge in [0.2, 0.25) is 0 Å². The Balaban J connectivity index is 1.83. The van der Waals surface area contributed by atoms with Gasteiger partial charge in [-0.2, -0.15) is 0 Å². The number of hydrogen-bond acceptors (Lipinski definition) is 6. The zero-order chi connectivity index (χ0) is 18.9. The summed E-state index contributed by atoms with van der Waals surface area (Å²) < 4.78 is 20.7. The summed E-state index contributed by atoms with van der Waals surface area (Å²) in [5, 5.41) is 2.62. The van der Waals surface area contributed by atoms with Crippen molar-refractivity contribution in [3.8, 4) is 17.2 Å². The highest BCUT2D eigenvalue weighted by Gasteiger charge is 2.18. The quantitative estimate of drug-likeness (QED) is 0.730. The van der Waals surface area contributed by atoms with Gasteiger partial charge in [-0.05, 0) is 31.2 Å². The molecular weight excluding hydrogens is 338 g/mol. The van der Waals surface area contributed by atoms with Crippen LogP contribution in [0.4, 0.5) is 5.69 Å². The van der Waals surface area contributed by atoms with E-state index in [1.165, 1.54) is 14.2 Å². The Hall–Kier alpha value is -3.22. The number of ether oxygens (including phenoxy) is 4. The van der Waals surface area contributed by atoms with Crippen LogP contribution in [0.25, 0.3) is 0 Å². The number of benzene rings is 2. The molecule has 1 N–H and O–H groups in total. The lowest BCUT2D eigenvalue weighted by atomic mass is 10.2. The molecule has 0 saturated carbocycles. The van der Waals surface area contributed by atoms with Gasteiger partial charge < -0.3 is 24.3 Å². The minimum Gasteiger partial charge on any atom is -0.493 e. The Morgan fingerprint density at radius 3 is 2.35 bits per heavy atom. The number of hydrogen-bond donors (Lipinski definition) is 1. The van der Waals surface area contributed by atoms with E-state index in [-0.39, 0.29) is 0 Å². The number of esters is 1. The average Bonchev–Trinajstić information content (AvgIpc) is 2.66. The Kier molecular flexibility index (Phi) is 6.84. The average molecular weight is 359 g/mol. The van der Waals surface area contributed by atoms with Gasteiger partial charge in [0.25, 0.3) is 5.91 Å². The van der Waals surface area contributed by atoms with Gasteiger partial charge in [0.1, 0.15) is 5.75 Å². The summed E-state index contributed by atoms with van der Waals surface area (Å²) in [4.78, 5) is 23.9. The predicted molar refractivity (Wildman–Crippen MR) is 95.7 cm³/mol. The third-order valence-corrected chi connectivity index (χ3v) is 3.40. The molecule has 2 aromatic rings. The SMILES string of the molecule is COc1ccc(NC(=O)COC(=O)[C@H](C)Oc2ccccc2)cc1OC. The van der Waals surface area contributed by atoms with Crippen LogP contribution in [-0.2, 0) is 14.3 Å². The maximum Gasteiger partial charge on any atom is 0.347 e. The van der Waals surface area contributed by atoms with Gasteiger partial charge in [-0.1, -0.05) is 18.2 Å². The number of nitrogens with one attached hydrogen (secondary N) is 1. The van der Waals surface area contributed by atoms with Crippen molar-refractivity contribution in [3.63, 3.8) is 0 Å². The normalized spacial score (nSPS) is 11.2. The summed E-state index contributed by atoms with van der Waals surface area (Å²) in [5.74, 6) is 0.469. The number of amides is 1. The molecule has 0 aromatic heterocycles. The van der Waals surface area contributed by atoms with Crippen molar-refractivity contribution in [2.75, 3.05) is 26.1 Å². The molecule has 0 unspecified atom stereocenters. The number of rotatable bonds is 8. The fourth-order valence-electron chi connectivity index (χ4n) is 2.12. The molecule has 0 spiro atoms. The van der Waals surface area contributed by atoms with E-state index in [9.17, 15) is 9.59 Å². The molecular formula is C19H21NO6. The molecule has 1 amide bonds. The van der Waals surface area contributed by atoms with Gasteiger partial charge in [0, 0.05) is 11.8 Å². The van der Waals surface area contributed by atoms with Crippen LogP contribution in [0.2, 0.25) is 0 Å². The molecule has 0 fully saturated rings. The molecule has 7 heteroatoms. The van der Waals surface area contributed by atoms with Crippen molar-refractivity contribution in [2.45, 2.75) is 13.0 Å². The number of methoxy groups -OCH3 is 2. The molecule has 2 aromatic carbocycles. The van der Waals surface area contributed by atoms with Crippen molar-refractivity contribution in [2.24, 2.45) is 0 Å². The fourth-order valence-corrected chi connectivity index (χ4v) is 2.12. The van der Waals surface area contributed by atoms with Crippen LogP contribution < -0.4 is 19.5 Å². The second-order valence-corrected chi connectivity index (χ2v) is 5.30. The molecule has 0 aliphatic rings. The number of para-hydroxylation sites is 1. The molecule has 0 radical (unpaired) electrons. The first kappa shape index (κ1) is 19.1. The van der Waals surface area contributed by atoms with Crippen LogP contribution in [0, 0.1) is 0 Å². The number of carbonyl (C=O) groups excluding carboxylic acids is 2. The second kappa shape index (κ2) is 9.31. The predicted octanol–water partition coefficient (Wildman–Crippen LogP) is 2.65. The van der Waals surface area contributed by atoms with Gasteiger partial charge in [-0.3, -0.25) is 4.79 Å². The van der Waals surface area contributed by atoms with Gasteiger partial charge in [0.05, 0.1) is 14.2 Å². The highest BCUT2D eigenvalue weighted by Crippen LogP contribution is 2.29. The van der Waals surface area contributed by atoms with Crippen LogP contribution in [0.1, 0.15) is 6.92 Å². The number of anilines is 1. The van der Waals surface area contributed by atoms with Crippen molar-refractivity contribution in [3.05, 3.63) is 48.5 Å². The molecule has 0 bridgehead atoms. The lowest BCUT2D eigenvalue weighted by Gasteiger charge is -2.14. The lowest BCUT2D eigenvalue weighted by molar-refractivity contribution is -0.153. The van der Waals surface area contributed by atoms with Crippen LogP contribution in [0.3, 0.4) is 0 Å². The molecule has 0 heterocycles. The molecule has 26 heavy (non-hydrogen) atoms. The Morgan fingerprint density at radius 2 is 1.69 bits per heavy atom. The van der Waals surface area contributed by atoms with Crippen LogP contribution in [0.5, 0.6) is 17.2 Å². The first-order valence-electron chi connectivity index (χ1n) is 7.93. The largest absolute Gasteiger partial charge is 0.493 e. The van der Waals surface area contributed by atoms with E-state index in [0.29, 0.717) is 22.9 Å². The summed E-state index contributed by atoms with van der Waals surface area (Å²) in [6.45, 7) is 1.14. The summed E-state index contributed by atoms with van der Waals surface area (Å²) in [6.07, 6.45) is -0.828. The maximum atomic E-state index is 12.0. The molecule has 1 atom stereocenters. The summed E-state index contributed by atoms with van der Waals surface area (Å²) in [5.41, 5.74) is 0.497. The van der Waals surface area contributed by atoms with E-state index in [1.807, 2.05) is 6.07 Å². The van der Waals surface area contributed by atoms with E-state index in [0.717, 1.165) is 0 Å². The molecule has 0 aliphatic heterocycles. The minimum absolute atomic E-state index is 0.421. The second-order valence-electron chi connectivity index (χ2n) is 5.30. The Bertz CT molecular complexity index is 747. The molecule has 2 rings (SSSR count). The fraction of sp³-hybridized carbons (Fsp3) is 0.263. The van der Waals surface area contributed by atoms with E-state index < -0.39 is 24.6 Å². The van der Waals surface area contributed by atoms with Crippen molar-refractivity contribution in [1.82, 2.24) is 0 Å². The van der Waals surface area contributed by atoms with Gasteiger partial charge in [-0.15, -0.1) is 0 Å². The maximum absolute atomic E-state index is 12.0. The van der Waals surface area contributed by atoms with E-state index in [1.54, 1.807) is 49.4 Å². The smallest absolute Gasteiger partial charge is 0.347 e. The van der Waals surface area contributed by atoms with Crippen LogP contribution >= 0.6 is 0 Å². The Labute approximate surface area is 151 Å². The topological polar surface area (TPSA) is 83.1 Å². The third kappa shape index (κ3) is 5.41. The van der Waals surface area contributed by atoms with Gasteiger partial charge in [-0.25, -0.2) is 4.79 Å². The highest BCUT2D eigenvalue weighted by molar-refractivity contribution is 5.93. The minimum atomic E-state index is -0.828. The van der Waals surface area contributed by atoms with E-state index in [2.05, 4.69) is 5.32 Å². The third-order valence-electron chi connectivity index (χ3n) is 3.40. The van der Waals surface area contributed by atoms with Gasteiger partial charge >= 0.3 is 5.97 Å². The summed E-state index contributed by atoms with van der Waals surface area (Å²) in [6, 6.07) is 13.8. The van der Waals surface area contributed by atoms with Crippen LogP contribution in [0.15, 0.2) is 48.5 Å². The molecule has 0 aliphatic carbocycles. The Morgan fingerprint density at radius 1 is 1.00 bits per heavy atom. The zero-order valence-electron chi connectivity index (χ0n) is 14.9. The standard InChI is InChI=1S/C19H21NO6/c1-13(26-15-7-5-4-6-8-15)19(22)25-12-18(21)20-14-9-10-16(23-2)17(11-14)24-3/h4-11,13H,12H2,1-3H3,(H,20,21)/t13-/m0/s1. The van der Waals surface area contributed by atoms with Crippen LogP contribution in [-0.4, -0.2) is 38.8 Å². The van der Waals surface area contributed by atoms with Crippen molar-refractivity contribution in [1.29, 1.82) is 0 Å². The van der Waals surface area contributed by atoms with Gasteiger partial charge in [0.15, 0.2) is 24.2 Å². The zero-order valence-corrected chi connectivity index (χ0v) is 14.9. The van der Waals surface area contributed by atoms with E-state index >= 15 is 0 Å². The highest BCUT2D eigenvalue weighted by atomic mass is 16.6. The summed E-state index contributed by atoms with van der Waals surface area (Å²) >= 11 is 0. The first-order chi connectivity index (χ1) is 12.5. The lowest BCUT2D eigenvalue weighted by Crippen LogP contribution is -2.29. The molecule has 7 nitrogen and oxygen atoms in total. The first-order valence-corrected chi connectivity index (χ1v) is 7.93. The van der Waals surface area contributed by atoms with E-state index in [4.69, 9.17) is 18.9 Å². The molecule has 138 valence electrons. The summed E-state index contributed by atoms with van der Waals surface area (Å²) in [7, 11) is 3.02. The number of carbonyl (C=O) groups is 2. The monoisotopic (exact) mass is 359 g/mol. The molecule has 0 saturated heterocycles.